The molecule has 0 saturated heterocycles. The average molecular weight is 265 g/mol. The van der Waals surface area contributed by atoms with E-state index in [1.165, 1.54) is 12.8 Å². The number of rotatable bonds is 6. The third-order valence-corrected chi connectivity index (χ3v) is 3.66. The molecule has 1 aliphatic carbocycles. The summed E-state index contributed by atoms with van der Waals surface area (Å²) in [6, 6.07) is 0.0140. The molecule has 0 radical (unpaired) electrons. The van der Waals surface area contributed by atoms with Crippen molar-refractivity contribution in [2.45, 2.75) is 58.2 Å². The fourth-order valence-corrected chi connectivity index (χ4v) is 2.66. The SMILES string of the molecule is CCOC(=O)C(NC1CCCC1)c1cncn1CC. The lowest BCUT2D eigenvalue weighted by Crippen LogP contribution is -2.37. The van der Waals surface area contributed by atoms with Crippen molar-refractivity contribution in [1.82, 2.24) is 14.9 Å². The zero-order chi connectivity index (χ0) is 13.7. The monoisotopic (exact) mass is 265 g/mol. The predicted octanol–water partition coefficient (Wildman–Crippen LogP) is 2.04. The first-order valence-corrected chi connectivity index (χ1v) is 7.19. The molecular formula is C14H23N3O2. The zero-order valence-corrected chi connectivity index (χ0v) is 11.8. The molecule has 0 aliphatic heterocycles. The van der Waals surface area contributed by atoms with Crippen LogP contribution in [-0.2, 0) is 16.1 Å². The van der Waals surface area contributed by atoms with Crippen molar-refractivity contribution in [2.24, 2.45) is 0 Å². The molecular weight excluding hydrogens is 242 g/mol. The second-order valence-electron chi connectivity index (χ2n) is 4.94. The molecule has 2 rings (SSSR count). The van der Waals surface area contributed by atoms with E-state index in [2.05, 4.69) is 10.3 Å². The van der Waals surface area contributed by atoms with Crippen molar-refractivity contribution in [3.05, 3.63) is 18.2 Å². The number of aromatic nitrogens is 2. The maximum absolute atomic E-state index is 12.2. The van der Waals surface area contributed by atoms with E-state index in [1.807, 2.05) is 18.4 Å². The van der Waals surface area contributed by atoms with Gasteiger partial charge in [0.2, 0.25) is 0 Å². The Morgan fingerprint density at radius 3 is 2.89 bits per heavy atom. The lowest BCUT2D eigenvalue weighted by atomic mass is 10.1. The molecule has 1 fully saturated rings. The molecule has 1 saturated carbocycles. The Morgan fingerprint density at radius 2 is 2.26 bits per heavy atom. The number of carbonyl (C=O) groups excluding carboxylic acids is 1. The van der Waals surface area contributed by atoms with E-state index in [4.69, 9.17) is 4.74 Å². The van der Waals surface area contributed by atoms with Gasteiger partial charge in [-0.05, 0) is 26.7 Å². The van der Waals surface area contributed by atoms with Crippen LogP contribution in [0.3, 0.4) is 0 Å². The van der Waals surface area contributed by atoms with Gasteiger partial charge in [0.25, 0.3) is 0 Å². The quantitative estimate of drug-likeness (QED) is 0.800. The highest BCUT2D eigenvalue weighted by Crippen LogP contribution is 2.23. The minimum atomic E-state index is -0.398. The van der Waals surface area contributed by atoms with Crippen LogP contribution in [0, 0.1) is 0 Å². The Labute approximate surface area is 114 Å². The normalized spacial score (nSPS) is 17.6. The lowest BCUT2D eigenvalue weighted by Gasteiger charge is -2.22. The van der Waals surface area contributed by atoms with E-state index in [-0.39, 0.29) is 5.97 Å². The number of esters is 1. The predicted molar refractivity (Wildman–Crippen MR) is 72.7 cm³/mol. The van der Waals surface area contributed by atoms with Gasteiger partial charge >= 0.3 is 5.97 Å². The van der Waals surface area contributed by atoms with Crippen LogP contribution in [0.2, 0.25) is 0 Å². The summed E-state index contributed by atoms with van der Waals surface area (Å²) in [6.07, 6.45) is 8.26. The molecule has 1 N–H and O–H groups in total. The van der Waals surface area contributed by atoms with Crippen LogP contribution in [-0.4, -0.2) is 28.2 Å². The van der Waals surface area contributed by atoms with E-state index >= 15 is 0 Å². The number of nitrogens with one attached hydrogen (secondary N) is 1. The van der Waals surface area contributed by atoms with Crippen LogP contribution in [0.1, 0.15) is 51.3 Å². The molecule has 0 spiro atoms. The van der Waals surface area contributed by atoms with E-state index in [9.17, 15) is 4.79 Å². The Kier molecular flexibility index (Phi) is 4.96. The molecule has 1 unspecified atom stereocenters. The first-order chi connectivity index (χ1) is 9.26. The Morgan fingerprint density at radius 1 is 1.53 bits per heavy atom. The van der Waals surface area contributed by atoms with Crippen LogP contribution in [0.25, 0.3) is 0 Å². The van der Waals surface area contributed by atoms with Gasteiger partial charge in [0.15, 0.2) is 0 Å². The van der Waals surface area contributed by atoms with Crippen LogP contribution in [0.4, 0.5) is 0 Å². The smallest absolute Gasteiger partial charge is 0.329 e. The number of hydrogen-bond acceptors (Lipinski definition) is 4. The number of hydrogen-bond donors (Lipinski definition) is 1. The molecule has 5 nitrogen and oxygen atoms in total. The zero-order valence-electron chi connectivity index (χ0n) is 11.8. The van der Waals surface area contributed by atoms with Gasteiger partial charge in [-0.2, -0.15) is 0 Å². The highest BCUT2D eigenvalue weighted by Gasteiger charge is 2.28. The first kappa shape index (κ1) is 14.1. The number of carbonyl (C=O) groups is 1. The highest BCUT2D eigenvalue weighted by atomic mass is 16.5. The lowest BCUT2D eigenvalue weighted by molar-refractivity contribution is -0.146. The van der Waals surface area contributed by atoms with E-state index in [1.54, 1.807) is 12.5 Å². The second kappa shape index (κ2) is 6.70. The van der Waals surface area contributed by atoms with Crippen molar-refractivity contribution >= 4 is 5.97 Å². The number of aryl methyl sites for hydroxylation is 1. The van der Waals surface area contributed by atoms with Gasteiger partial charge in [-0.25, -0.2) is 9.78 Å². The summed E-state index contributed by atoms with van der Waals surface area (Å²) < 4.78 is 7.18. The number of imidazole rings is 1. The Bertz CT molecular complexity index is 411. The number of nitrogens with zero attached hydrogens (tertiary/aromatic N) is 2. The van der Waals surface area contributed by atoms with E-state index < -0.39 is 6.04 Å². The molecule has 106 valence electrons. The standard InChI is InChI=1S/C14H23N3O2/c1-3-17-10-15-9-12(17)13(14(18)19-4-2)16-11-7-5-6-8-11/h9-11,13,16H,3-8H2,1-2H3. The fourth-order valence-electron chi connectivity index (χ4n) is 2.66. The topological polar surface area (TPSA) is 56.1 Å². The van der Waals surface area contributed by atoms with Crippen LogP contribution < -0.4 is 5.32 Å². The maximum atomic E-state index is 12.2. The minimum Gasteiger partial charge on any atom is -0.465 e. The van der Waals surface area contributed by atoms with Gasteiger partial charge in [-0.3, -0.25) is 5.32 Å². The van der Waals surface area contributed by atoms with Crippen molar-refractivity contribution in [3.8, 4) is 0 Å². The maximum Gasteiger partial charge on any atom is 0.329 e. The number of ether oxygens (including phenoxy) is 1. The molecule has 1 aromatic rings. The Hall–Kier alpha value is -1.36. The molecule has 1 aromatic heterocycles. The van der Waals surface area contributed by atoms with E-state index in [0.717, 1.165) is 25.1 Å². The van der Waals surface area contributed by atoms with Gasteiger partial charge in [0.1, 0.15) is 6.04 Å². The largest absolute Gasteiger partial charge is 0.465 e. The summed E-state index contributed by atoms with van der Waals surface area (Å²) in [6.45, 7) is 5.09. The Balaban J connectivity index is 2.15. The second-order valence-corrected chi connectivity index (χ2v) is 4.94. The molecule has 0 bridgehead atoms. The molecule has 1 heterocycles. The van der Waals surface area contributed by atoms with Crippen LogP contribution >= 0.6 is 0 Å². The van der Waals surface area contributed by atoms with Crippen molar-refractivity contribution in [1.29, 1.82) is 0 Å². The highest BCUT2D eigenvalue weighted by molar-refractivity contribution is 5.77. The minimum absolute atomic E-state index is 0.204. The summed E-state index contributed by atoms with van der Waals surface area (Å²) in [4.78, 5) is 16.3. The molecule has 0 amide bonds. The molecule has 1 aliphatic rings. The third kappa shape index (κ3) is 3.35. The van der Waals surface area contributed by atoms with Crippen molar-refractivity contribution in [2.75, 3.05) is 6.61 Å². The summed E-state index contributed by atoms with van der Waals surface area (Å²) in [5.41, 5.74) is 0.896. The van der Waals surface area contributed by atoms with Crippen molar-refractivity contribution in [3.63, 3.8) is 0 Å². The summed E-state index contributed by atoms with van der Waals surface area (Å²) in [5.74, 6) is -0.204. The molecule has 19 heavy (non-hydrogen) atoms. The van der Waals surface area contributed by atoms with Crippen LogP contribution in [0.15, 0.2) is 12.5 Å². The van der Waals surface area contributed by atoms with Gasteiger partial charge in [0.05, 0.1) is 24.8 Å². The first-order valence-electron chi connectivity index (χ1n) is 7.19. The molecule has 5 heteroatoms. The van der Waals surface area contributed by atoms with Gasteiger partial charge in [0, 0.05) is 12.6 Å². The van der Waals surface area contributed by atoms with Gasteiger partial charge in [-0.15, -0.1) is 0 Å². The summed E-state index contributed by atoms with van der Waals surface area (Å²) >= 11 is 0. The summed E-state index contributed by atoms with van der Waals surface area (Å²) in [5, 5.41) is 3.44. The average Bonchev–Trinajstić information content (AvgIpc) is 3.07. The third-order valence-electron chi connectivity index (χ3n) is 3.66. The van der Waals surface area contributed by atoms with E-state index in [0.29, 0.717) is 12.6 Å². The molecule has 0 aromatic carbocycles. The van der Waals surface area contributed by atoms with Gasteiger partial charge < -0.3 is 9.30 Å². The van der Waals surface area contributed by atoms with Gasteiger partial charge in [-0.1, -0.05) is 12.8 Å². The van der Waals surface area contributed by atoms with Crippen LogP contribution in [0.5, 0.6) is 0 Å². The summed E-state index contributed by atoms with van der Waals surface area (Å²) in [7, 11) is 0. The van der Waals surface area contributed by atoms with Crippen molar-refractivity contribution < 1.29 is 9.53 Å². The fraction of sp³-hybridized carbons (Fsp3) is 0.714. The molecule has 1 atom stereocenters.